The summed E-state index contributed by atoms with van der Waals surface area (Å²) < 4.78 is 0. The first-order chi connectivity index (χ1) is 10.8. The van der Waals surface area contributed by atoms with Crippen LogP contribution in [0.4, 0.5) is 0 Å². The molecule has 114 valence electrons. The molecule has 22 heavy (non-hydrogen) atoms. The summed E-state index contributed by atoms with van der Waals surface area (Å²) in [6.45, 7) is 0.632. The molecule has 0 radical (unpaired) electrons. The topological polar surface area (TPSA) is 32.3 Å². The maximum Gasteiger partial charge on any atom is 0.240 e. The molecule has 0 saturated carbocycles. The molecule has 0 aliphatic carbocycles. The second-order valence-electron chi connectivity index (χ2n) is 5.49. The molecule has 1 fully saturated rings. The maximum atomic E-state index is 12.4. The van der Waals surface area contributed by atoms with Crippen molar-refractivity contribution in [1.82, 2.24) is 10.2 Å². The molecule has 1 amide bonds. The van der Waals surface area contributed by atoms with Crippen LogP contribution in [0, 0.1) is 0 Å². The number of rotatable bonds is 4. The van der Waals surface area contributed by atoms with E-state index in [4.69, 9.17) is 0 Å². The van der Waals surface area contributed by atoms with Crippen molar-refractivity contribution in [2.45, 2.75) is 12.6 Å². The fraction of sp³-hybridized carbons (Fsp3) is 0.278. The molecule has 1 N–H and O–H groups in total. The minimum absolute atomic E-state index is 0.0427. The van der Waals surface area contributed by atoms with Gasteiger partial charge < -0.3 is 4.90 Å². The summed E-state index contributed by atoms with van der Waals surface area (Å²) in [4.78, 5) is 14.3. The Morgan fingerprint density at radius 2 is 1.91 bits per heavy atom. The van der Waals surface area contributed by atoms with Crippen LogP contribution in [-0.4, -0.2) is 35.5 Å². The largest absolute Gasteiger partial charge is 0.340 e. The molecule has 0 bridgehead atoms. The van der Waals surface area contributed by atoms with Gasteiger partial charge in [0.05, 0.1) is 6.04 Å². The molecule has 1 unspecified atom stereocenters. The van der Waals surface area contributed by atoms with E-state index in [1.807, 2.05) is 42.3 Å². The van der Waals surface area contributed by atoms with E-state index in [0.717, 1.165) is 11.6 Å². The lowest BCUT2D eigenvalue weighted by Gasteiger charge is -2.22. The van der Waals surface area contributed by atoms with Gasteiger partial charge in [-0.05, 0) is 16.7 Å². The van der Waals surface area contributed by atoms with Crippen LogP contribution < -0.4 is 5.32 Å². The average molecular weight is 312 g/mol. The van der Waals surface area contributed by atoms with Gasteiger partial charge in [0.1, 0.15) is 0 Å². The van der Waals surface area contributed by atoms with Crippen LogP contribution in [0.15, 0.2) is 54.6 Å². The highest BCUT2D eigenvalue weighted by molar-refractivity contribution is 7.99. The molecular formula is C18H20N2OS. The van der Waals surface area contributed by atoms with Crippen molar-refractivity contribution in [2.75, 3.05) is 18.7 Å². The van der Waals surface area contributed by atoms with Gasteiger partial charge in [-0.25, -0.2) is 0 Å². The molecule has 2 aromatic carbocycles. The summed E-state index contributed by atoms with van der Waals surface area (Å²) in [6, 6.07) is 18.6. The Kier molecular flexibility index (Phi) is 4.80. The number of likely N-dealkylation sites (N-methyl/N-ethyl adjacent to an activating group) is 1. The van der Waals surface area contributed by atoms with E-state index in [-0.39, 0.29) is 11.9 Å². The predicted molar refractivity (Wildman–Crippen MR) is 92.6 cm³/mol. The Morgan fingerprint density at radius 3 is 2.64 bits per heavy atom. The second-order valence-corrected chi connectivity index (χ2v) is 6.52. The SMILES string of the molecule is CN(Cc1ccccc1-c1ccccc1)C(=O)C1CSCN1. The predicted octanol–water partition coefficient (Wildman–Crippen LogP) is 2.97. The normalized spacial score (nSPS) is 17.4. The first-order valence-corrected chi connectivity index (χ1v) is 8.60. The van der Waals surface area contributed by atoms with Crippen LogP contribution in [0.3, 0.4) is 0 Å². The van der Waals surface area contributed by atoms with Crippen molar-refractivity contribution in [3.63, 3.8) is 0 Å². The Bertz CT molecular complexity index is 639. The standard InChI is InChI=1S/C18H20N2OS/c1-20(18(21)17-12-22-13-19-17)11-15-9-5-6-10-16(15)14-7-3-2-4-8-14/h2-10,17,19H,11-13H2,1H3. The zero-order valence-electron chi connectivity index (χ0n) is 12.7. The first kappa shape index (κ1) is 15.1. The van der Waals surface area contributed by atoms with Gasteiger partial charge in [-0.2, -0.15) is 0 Å². The van der Waals surface area contributed by atoms with Crippen LogP contribution >= 0.6 is 11.8 Å². The van der Waals surface area contributed by atoms with Gasteiger partial charge in [-0.3, -0.25) is 10.1 Å². The fourth-order valence-electron chi connectivity index (χ4n) is 2.71. The number of amides is 1. The summed E-state index contributed by atoms with van der Waals surface area (Å²) in [5.74, 6) is 1.90. The van der Waals surface area contributed by atoms with E-state index < -0.39 is 0 Å². The van der Waals surface area contributed by atoms with Gasteiger partial charge in [0.25, 0.3) is 0 Å². The minimum Gasteiger partial charge on any atom is -0.340 e. The molecule has 1 aliphatic heterocycles. The summed E-state index contributed by atoms with van der Waals surface area (Å²) in [6.07, 6.45) is 0. The van der Waals surface area contributed by atoms with Gasteiger partial charge in [0.2, 0.25) is 5.91 Å². The molecule has 1 heterocycles. The quantitative estimate of drug-likeness (QED) is 0.942. The van der Waals surface area contributed by atoms with Gasteiger partial charge in [-0.15, -0.1) is 11.8 Å². The number of carbonyl (C=O) groups is 1. The summed E-state index contributed by atoms with van der Waals surface area (Å²) >= 11 is 1.78. The Labute approximate surface area is 135 Å². The monoisotopic (exact) mass is 312 g/mol. The molecule has 3 nitrogen and oxygen atoms in total. The smallest absolute Gasteiger partial charge is 0.240 e. The van der Waals surface area contributed by atoms with E-state index in [0.29, 0.717) is 6.54 Å². The van der Waals surface area contributed by atoms with E-state index in [1.54, 1.807) is 11.8 Å². The van der Waals surface area contributed by atoms with Crippen molar-refractivity contribution in [2.24, 2.45) is 0 Å². The first-order valence-electron chi connectivity index (χ1n) is 7.45. The summed E-state index contributed by atoms with van der Waals surface area (Å²) in [5, 5.41) is 3.24. The maximum absolute atomic E-state index is 12.4. The van der Waals surface area contributed by atoms with E-state index >= 15 is 0 Å². The molecule has 0 aromatic heterocycles. The zero-order valence-corrected chi connectivity index (χ0v) is 13.5. The highest BCUT2D eigenvalue weighted by Crippen LogP contribution is 2.24. The third-order valence-corrected chi connectivity index (χ3v) is 4.84. The minimum atomic E-state index is -0.0427. The summed E-state index contributed by atoms with van der Waals surface area (Å²) in [7, 11) is 1.88. The lowest BCUT2D eigenvalue weighted by atomic mass is 9.99. The van der Waals surface area contributed by atoms with Crippen LogP contribution in [0.2, 0.25) is 0 Å². The third kappa shape index (κ3) is 3.34. The van der Waals surface area contributed by atoms with Crippen LogP contribution in [0.25, 0.3) is 11.1 Å². The Hall–Kier alpha value is -1.78. The van der Waals surface area contributed by atoms with Crippen LogP contribution in [0.1, 0.15) is 5.56 Å². The van der Waals surface area contributed by atoms with Crippen molar-refractivity contribution < 1.29 is 4.79 Å². The van der Waals surface area contributed by atoms with Crippen molar-refractivity contribution in [3.8, 4) is 11.1 Å². The fourth-order valence-corrected chi connectivity index (χ4v) is 3.64. The van der Waals surface area contributed by atoms with Gasteiger partial charge >= 0.3 is 0 Å². The van der Waals surface area contributed by atoms with Gasteiger partial charge in [0.15, 0.2) is 0 Å². The number of carbonyl (C=O) groups excluding carboxylic acids is 1. The van der Waals surface area contributed by atoms with Crippen LogP contribution in [0.5, 0.6) is 0 Å². The molecule has 0 spiro atoms. The van der Waals surface area contributed by atoms with Gasteiger partial charge in [0, 0.05) is 25.2 Å². The highest BCUT2D eigenvalue weighted by Gasteiger charge is 2.25. The number of benzene rings is 2. The third-order valence-electron chi connectivity index (χ3n) is 3.90. The van der Waals surface area contributed by atoms with E-state index in [1.165, 1.54) is 16.7 Å². The molecule has 2 aromatic rings. The average Bonchev–Trinajstić information content (AvgIpc) is 3.10. The van der Waals surface area contributed by atoms with Crippen LogP contribution in [-0.2, 0) is 11.3 Å². The second kappa shape index (κ2) is 6.99. The Balaban J connectivity index is 1.79. The number of nitrogens with one attached hydrogen (secondary N) is 1. The van der Waals surface area contributed by atoms with Crippen molar-refractivity contribution >= 4 is 17.7 Å². The molecule has 1 aliphatic rings. The van der Waals surface area contributed by atoms with Gasteiger partial charge in [-0.1, -0.05) is 54.6 Å². The zero-order chi connectivity index (χ0) is 15.4. The summed E-state index contributed by atoms with van der Waals surface area (Å²) in [5.41, 5.74) is 3.56. The Morgan fingerprint density at radius 1 is 1.18 bits per heavy atom. The van der Waals surface area contributed by atoms with E-state index in [9.17, 15) is 4.79 Å². The molecule has 1 atom stereocenters. The van der Waals surface area contributed by atoms with Crippen molar-refractivity contribution in [3.05, 3.63) is 60.2 Å². The highest BCUT2D eigenvalue weighted by atomic mass is 32.2. The molecule has 3 rings (SSSR count). The number of thioether (sulfide) groups is 1. The van der Waals surface area contributed by atoms with E-state index in [2.05, 4.69) is 29.6 Å². The van der Waals surface area contributed by atoms with Crippen molar-refractivity contribution in [1.29, 1.82) is 0 Å². The molecule has 4 heteroatoms. The number of hydrogen-bond acceptors (Lipinski definition) is 3. The lowest BCUT2D eigenvalue weighted by Crippen LogP contribution is -2.42. The number of nitrogens with zero attached hydrogens (tertiary/aromatic N) is 1. The lowest BCUT2D eigenvalue weighted by molar-refractivity contribution is -0.131. The number of hydrogen-bond donors (Lipinski definition) is 1. The molecule has 1 saturated heterocycles. The molecular weight excluding hydrogens is 292 g/mol.